The topological polar surface area (TPSA) is 243 Å². The van der Waals surface area contributed by atoms with Gasteiger partial charge in [0.15, 0.2) is 29.2 Å². The summed E-state index contributed by atoms with van der Waals surface area (Å²) >= 11 is 0. The monoisotopic (exact) mass is 482 g/mol. The van der Waals surface area contributed by atoms with E-state index in [4.69, 9.17) is 10.5 Å². The molecule has 0 saturated carbocycles. The molecule has 4 rings (SSSR count). The Morgan fingerprint density at radius 2 is 1.94 bits per heavy atom. The number of benzene rings is 1. The molecule has 1 amide bonds. The van der Waals surface area contributed by atoms with Crippen LogP contribution >= 0.6 is 0 Å². The summed E-state index contributed by atoms with van der Waals surface area (Å²) in [5.41, 5.74) is 5.02. The lowest BCUT2D eigenvalue weighted by atomic mass is 10.1. The molecule has 2 aromatic heterocycles. The van der Waals surface area contributed by atoms with E-state index in [-0.39, 0.29) is 17.0 Å². The summed E-state index contributed by atoms with van der Waals surface area (Å²) < 4.78 is 33.6. The number of fused-ring (bicyclic) bond motifs is 1. The number of sulfonamides is 1. The van der Waals surface area contributed by atoms with Crippen LogP contribution in [-0.4, -0.2) is 84.3 Å². The van der Waals surface area contributed by atoms with Crippen LogP contribution in [0.1, 0.15) is 16.6 Å². The van der Waals surface area contributed by atoms with E-state index in [0.29, 0.717) is 0 Å². The third kappa shape index (κ3) is 3.79. The number of hydrogen-bond donors (Lipinski definition) is 7. The SMILES string of the molecule is Nc1nc(S(=O)(=O)NC(=O)c2cccc(O)c2O)nc2c1ncn2[C@@H]1O[C@H](CO)C(O)C1O. The van der Waals surface area contributed by atoms with Gasteiger partial charge < -0.3 is 36.0 Å². The second-order valence-electron chi connectivity index (χ2n) is 7.05. The minimum absolute atomic E-state index is 0.0522. The van der Waals surface area contributed by atoms with Crippen LogP contribution in [-0.2, 0) is 14.8 Å². The van der Waals surface area contributed by atoms with Crippen molar-refractivity contribution in [2.45, 2.75) is 29.7 Å². The molecule has 0 bridgehead atoms. The van der Waals surface area contributed by atoms with Crippen molar-refractivity contribution in [2.24, 2.45) is 0 Å². The maximum atomic E-state index is 12.7. The molecule has 1 saturated heterocycles. The number of ether oxygens (including phenoxy) is 1. The highest BCUT2D eigenvalue weighted by Crippen LogP contribution is 2.32. The van der Waals surface area contributed by atoms with Crippen LogP contribution in [0.2, 0.25) is 0 Å². The van der Waals surface area contributed by atoms with Gasteiger partial charge in [0.25, 0.3) is 21.1 Å². The van der Waals surface area contributed by atoms with Crippen LogP contribution in [0.15, 0.2) is 29.7 Å². The molecule has 2 unspecified atom stereocenters. The summed E-state index contributed by atoms with van der Waals surface area (Å²) in [4.78, 5) is 23.8. The predicted molar refractivity (Wildman–Crippen MR) is 107 cm³/mol. The fraction of sp³-hybridized carbons (Fsp3) is 0.294. The van der Waals surface area contributed by atoms with E-state index in [1.807, 2.05) is 0 Å². The van der Waals surface area contributed by atoms with Gasteiger partial charge in [0, 0.05) is 0 Å². The molecular formula is C17H18N6O9S. The Balaban J connectivity index is 1.72. The van der Waals surface area contributed by atoms with Crippen LogP contribution in [0.3, 0.4) is 0 Å². The molecule has 1 aliphatic heterocycles. The fourth-order valence-electron chi connectivity index (χ4n) is 3.27. The molecule has 0 aliphatic carbocycles. The molecule has 8 N–H and O–H groups in total. The zero-order chi connectivity index (χ0) is 24.1. The van der Waals surface area contributed by atoms with Gasteiger partial charge in [-0.3, -0.25) is 9.36 Å². The Kier molecular flexibility index (Phi) is 5.54. The van der Waals surface area contributed by atoms with Crippen LogP contribution in [0, 0.1) is 0 Å². The second-order valence-corrected chi connectivity index (χ2v) is 8.63. The number of para-hydroxylation sites is 1. The molecule has 1 aliphatic rings. The van der Waals surface area contributed by atoms with Crippen LogP contribution in [0.5, 0.6) is 11.5 Å². The number of hydrogen-bond acceptors (Lipinski definition) is 13. The van der Waals surface area contributed by atoms with E-state index in [0.717, 1.165) is 23.0 Å². The van der Waals surface area contributed by atoms with Crippen molar-refractivity contribution in [2.75, 3.05) is 12.3 Å². The first kappa shape index (κ1) is 22.6. The molecule has 3 heterocycles. The lowest BCUT2D eigenvalue weighted by Crippen LogP contribution is -2.33. The third-order valence-corrected chi connectivity index (χ3v) is 6.06. The van der Waals surface area contributed by atoms with Crippen molar-refractivity contribution < 1.29 is 43.5 Å². The van der Waals surface area contributed by atoms with Gasteiger partial charge in [-0.25, -0.2) is 9.71 Å². The maximum absolute atomic E-state index is 12.7. The summed E-state index contributed by atoms with van der Waals surface area (Å²) in [6, 6.07) is 3.39. The number of imidazole rings is 1. The van der Waals surface area contributed by atoms with E-state index < -0.39 is 69.3 Å². The number of amides is 1. The molecule has 3 aromatic rings. The Hall–Kier alpha value is -3.57. The average molecular weight is 482 g/mol. The van der Waals surface area contributed by atoms with Crippen LogP contribution in [0.4, 0.5) is 5.82 Å². The first-order valence-corrected chi connectivity index (χ1v) is 10.7. The van der Waals surface area contributed by atoms with Gasteiger partial charge in [-0.05, 0) is 12.1 Å². The van der Waals surface area contributed by atoms with Gasteiger partial charge >= 0.3 is 0 Å². The second kappa shape index (κ2) is 8.09. The van der Waals surface area contributed by atoms with Crippen molar-refractivity contribution in [1.82, 2.24) is 24.2 Å². The van der Waals surface area contributed by atoms with Crippen molar-refractivity contribution >= 4 is 32.9 Å². The number of nitrogens with one attached hydrogen (secondary N) is 1. The minimum Gasteiger partial charge on any atom is -0.504 e. The molecule has 16 heteroatoms. The molecule has 176 valence electrons. The number of anilines is 1. The van der Waals surface area contributed by atoms with Gasteiger partial charge in [-0.1, -0.05) is 6.07 Å². The molecule has 15 nitrogen and oxygen atoms in total. The number of carbonyl (C=O) groups is 1. The molecular weight excluding hydrogens is 464 g/mol. The molecule has 0 spiro atoms. The van der Waals surface area contributed by atoms with E-state index in [1.54, 1.807) is 4.72 Å². The number of aromatic hydroxyl groups is 2. The van der Waals surface area contributed by atoms with Crippen LogP contribution < -0.4 is 10.5 Å². The van der Waals surface area contributed by atoms with Crippen molar-refractivity contribution in [3.8, 4) is 11.5 Å². The smallest absolute Gasteiger partial charge is 0.300 e. The number of rotatable bonds is 5. The zero-order valence-electron chi connectivity index (χ0n) is 16.5. The summed E-state index contributed by atoms with van der Waals surface area (Å²) in [6.45, 7) is -0.591. The highest BCUT2D eigenvalue weighted by Gasteiger charge is 2.44. The number of aliphatic hydroxyl groups excluding tert-OH is 3. The summed E-state index contributed by atoms with van der Waals surface area (Å²) in [7, 11) is -4.74. The number of nitrogens with two attached hydrogens (primary N) is 1. The van der Waals surface area contributed by atoms with E-state index in [1.165, 1.54) is 6.07 Å². The lowest BCUT2D eigenvalue weighted by Gasteiger charge is -2.16. The number of nitrogens with zero attached hydrogens (tertiary/aromatic N) is 4. The minimum atomic E-state index is -4.74. The van der Waals surface area contributed by atoms with Crippen LogP contribution in [0.25, 0.3) is 11.2 Å². The van der Waals surface area contributed by atoms with Gasteiger partial charge in [-0.15, -0.1) is 0 Å². The zero-order valence-corrected chi connectivity index (χ0v) is 17.3. The summed E-state index contributed by atoms with van der Waals surface area (Å²) in [6.07, 6.45) is -4.22. The molecule has 33 heavy (non-hydrogen) atoms. The van der Waals surface area contributed by atoms with Crippen molar-refractivity contribution in [1.29, 1.82) is 0 Å². The van der Waals surface area contributed by atoms with Gasteiger partial charge in [0.1, 0.15) is 23.8 Å². The summed E-state index contributed by atoms with van der Waals surface area (Å²) in [5.74, 6) is -3.12. The first-order chi connectivity index (χ1) is 15.5. The Labute approximate surface area is 184 Å². The highest BCUT2D eigenvalue weighted by molar-refractivity contribution is 7.89. The van der Waals surface area contributed by atoms with E-state index in [9.17, 15) is 38.7 Å². The van der Waals surface area contributed by atoms with Crippen molar-refractivity contribution in [3.63, 3.8) is 0 Å². The molecule has 1 aromatic carbocycles. The predicted octanol–water partition coefficient (Wildman–Crippen LogP) is -2.45. The summed E-state index contributed by atoms with van der Waals surface area (Å²) in [5, 5.41) is 47.9. The fourth-order valence-corrected chi connectivity index (χ4v) is 4.14. The third-order valence-electron chi connectivity index (χ3n) is 4.95. The molecule has 1 fully saturated rings. The lowest BCUT2D eigenvalue weighted by molar-refractivity contribution is -0.0511. The number of aliphatic hydroxyl groups is 3. The highest BCUT2D eigenvalue weighted by atomic mass is 32.2. The number of aromatic nitrogens is 4. The van der Waals surface area contributed by atoms with Crippen molar-refractivity contribution in [3.05, 3.63) is 30.1 Å². The number of nitrogen functional groups attached to an aromatic ring is 1. The van der Waals surface area contributed by atoms with Gasteiger partial charge in [-0.2, -0.15) is 18.4 Å². The number of phenols is 2. The Morgan fingerprint density at radius 3 is 2.61 bits per heavy atom. The van der Waals surface area contributed by atoms with Gasteiger partial charge in [0.05, 0.1) is 18.5 Å². The van der Waals surface area contributed by atoms with E-state index >= 15 is 0 Å². The molecule has 4 atom stereocenters. The normalized spacial score (nSPS) is 23.1. The average Bonchev–Trinajstić information content (AvgIpc) is 3.31. The standard InChI is InChI=1S/C17H18N6O9S/c18-13-9-14(23(5-19-9)16-12(28)11(27)8(4-24)32-16)21-17(20-13)33(30,31)22-15(29)6-2-1-3-7(25)10(6)26/h1-3,5,8,11-12,16,24-28H,4H2,(H,22,29)(H2,18,20,21)/t8-,11?,12?,16-/m1/s1. The molecule has 0 radical (unpaired) electrons. The largest absolute Gasteiger partial charge is 0.504 e. The Bertz CT molecular complexity index is 1340. The first-order valence-electron chi connectivity index (χ1n) is 9.25. The Morgan fingerprint density at radius 1 is 1.21 bits per heavy atom. The van der Waals surface area contributed by atoms with E-state index in [2.05, 4.69) is 15.0 Å². The number of carbonyl (C=O) groups excluding carboxylic acids is 1. The number of phenolic OH excluding ortho intramolecular Hbond substituents is 2. The quantitative estimate of drug-likeness (QED) is 0.148. The maximum Gasteiger partial charge on any atom is 0.300 e. The van der Waals surface area contributed by atoms with Gasteiger partial charge in [0.2, 0.25) is 0 Å².